The Bertz CT molecular complexity index is 2260. The van der Waals surface area contributed by atoms with Crippen LogP contribution in [0.4, 0.5) is 4.79 Å². The zero-order chi connectivity index (χ0) is 77.4. The number of carboxylic acid groups (broad SMARTS) is 8. The quantitative estimate of drug-likeness (QED) is 0.0294. The van der Waals surface area contributed by atoms with Crippen LogP contribution >= 0.6 is 0 Å². The smallest absolute Gasteiger partial charge is 0.407 e. The van der Waals surface area contributed by atoms with Gasteiger partial charge < -0.3 is 117 Å². The van der Waals surface area contributed by atoms with Crippen molar-refractivity contribution in [1.82, 2.24) is 71.5 Å². The van der Waals surface area contributed by atoms with Crippen LogP contribution in [0.3, 0.4) is 0 Å². The van der Waals surface area contributed by atoms with Gasteiger partial charge in [0.25, 0.3) is 0 Å². The highest BCUT2D eigenvalue weighted by molar-refractivity contribution is 5.79. The van der Waals surface area contributed by atoms with Crippen LogP contribution in [0.2, 0.25) is 0 Å². The molecule has 0 saturated heterocycles. The number of rotatable bonds is 67. The van der Waals surface area contributed by atoms with Crippen LogP contribution in [0.5, 0.6) is 0 Å². The lowest BCUT2D eigenvalue weighted by Crippen LogP contribution is -2.42. The Hall–Kier alpha value is -8.43. The molecule has 0 rings (SSSR count). The van der Waals surface area contributed by atoms with Crippen LogP contribution < -0.4 is 37.2 Å². The van der Waals surface area contributed by atoms with Gasteiger partial charge in [0.1, 0.15) is 5.60 Å². The van der Waals surface area contributed by atoms with Crippen molar-refractivity contribution in [2.24, 2.45) is 0 Å². The third kappa shape index (κ3) is 61.9. The Balaban J connectivity index is 6.24. The lowest BCUT2D eigenvalue weighted by Gasteiger charge is -2.24. The number of aliphatic carboxylic acids is 8. The van der Waals surface area contributed by atoms with Gasteiger partial charge in [-0.05, 0) is 40.2 Å². The summed E-state index contributed by atoms with van der Waals surface area (Å²) in [6, 6.07) is 0. The van der Waals surface area contributed by atoms with Crippen LogP contribution in [0.25, 0.3) is 0 Å². The van der Waals surface area contributed by atoms with Crippen molar-refractivity contribution in [1.29, 1.82) is 0 Å². The van der Waals surface area contributed by atoms with E-state index in [1.165, 1.54) is 0 Å². The van der Waals surface area contributed by atoms with Crippen LogP contribution in [-0.4, -0.2) is 353 Å². The average molecular weight is 1480 g/mol. The Labute approximate surface area is 601 Å². The van der Waals surface area contributed by atoms with Crippen LogP contribution in [0.15, 0.2) is 0 Å². The fourth-order valence-electron chi connectivity index (χ4n) is 9.91. The summed E-state index contributed by atoms with van der Waals surface area (Å²) >= 11 is 0. The number of carbonyl (C=O) groups is 15. The first-order chi connectivity index (χ1) is 48.7. The van der Waals surface area contributed by atoms with Gasteiger partial charge in [-0.15, -0.1) is 0 Å². The number of amides is 7. The van der Waals surface area contributed by atoms with E-state index in [1.54, 1.807) is 50.2 Å². The van der Waals surface area contributed by atoms with Crippen molar-refractivity contribution in [2.75, 3.05) is 183 Å². The van der Waals surface area contributed by atoms with Gasteiger partial charge in [-0.3, -0.25) is 67.1 Å². The minimum atomic E-state index is -1.07. The highest BCUT2D eigenvalue weighted by Gasteiger charge is 2.21. The van der Waals surface area contributed by atoms with E-state index in [4.69, 9.17) is 45.6 Å². The van der Waals surface area contributed by atoms with Crippen LogP contribution in [0, 0.1) is 0 Å². The number of carbonyl (C=O) groups excluding carboxylic acids is 7. The second-order valence-corrected chi connectivity index (χ2v) is 25.5. The molecule has 0 saturated carbocycles. The van der Waals surface area contributed by atoms with Gasteiger partial charge in [-0.25, -0.2) is 4.79 Å². The second-order valence-electron chi connectivity index (χ2n) is 25.5. The fourth-order valence-corrected chi connectivity index (χ4v) is 9.91. The van der Waals surface area contributed by atoms with E-state index in [9.17, 15) is 71.9 Å². The first-order valence-electron chi connectivity index (χ1n) is 35.1. The minimum Gasteiger partial charge on any atom is -0.481 e. The molecule has 103 heavy (non-hydrogen) atoms. The number of alkyl carbamates (subject to hydrolysis) is 1. The molecule has 0 aliphatic rings. The minimum absolute atomic E-state index is 0.00958. The summed E-state index contributed by atoms with van der Waals surface area (Å²) in [4.78, 5) is 193. The zero-order valence-electron chi connectivity index (χ0n) is 60.3. The maximum atomic E-state index is 13.5. The van der Waals surface area contributed by atoms with Gasteiger partial charge >= 0.3 is 53.8 Å². The molecule has 0 aliphatic heterocycles. The van der Waals surface area contributed by atoms with Crippen molar-refractivity contribution in [3.05, 3.63) is 0 Å². The lowest BCUT2D eigenvalue weighted by atomic mass is 10.1. The first kappa shape index (κ1) is 94.6. The van der Waals surface area contributed by atoms with E-state index in [0.717, 1.165) is 12.8 Å². The number of nitrogens with zero attached hydrogens (tertiary/aromatic N) is 7. The number of unbranched alkanes of at least 4 members (excludes halogenated alkanes) is 3. The van der Waals surface area contributed by atoms with E-state index in [0.29, 0.717) is 25.9 Å². The van der Waals surface area contributed by atoms with Gasteiger partial charge in [0, 0.05) is 215 Å². The summed E-state index contributed by atoms with van der Waals surface area (Å²) in [7, 11) is 0. The van der Waals surface area contributed by atoms with Gasteiger partial charge in [-0.1, -0.05) is 12.8 Å². The molecule has 0 aliphatic carbocycles. The molecule has 38 nitrogen and oxygen atoms in total. The highest BCUT2D eigenvalue weighted by Crippen LogP contribution is 2.09. The molecular formula is C65H116N14O24. The van der Waals surface area contributed by atoms with E-state index in [1.807, 2.05) is 4.90 Å². The van der Waals surface area contributed by atoms with Crippen molar-refractivity contribution < 1.29 is 118 Å². The number of hydrogen-bond acceptors (Lipinski definition) is 23. The van der Waals surface area contributed by atoms with Crippen molar-refractivity contribution >= 4 is 89.3 Å². The molecule has 38 heteroatoms. The van der Waals surface area contributed by atoms with E-state index >= 15 is 0 Å². The molecule has 590 valence electrons. The number of nitrogens with one attached hydrogen (secondary N) is 7. The van der Waals surface area contributed by atoms with E-state index in [-0.39, 0.29) is 295 Å². The van der Waals surface area contributed by atoms with Gasteiger partial charge in [0.15, 0.2) is 0 Å². The highest BCUT2D eigenvalue weighted by atomic mass is 16.6. The molecule has 0 aromatic heterocycles. The molecule has 7 amide bonds. The predicted octanol–water partition coefficient (Wildman–Crippen LogP) is -1.98. The molecule has 0 bridgehead atoms. The third-order valence-electron chi connectivity index (χ3n) is 15.6. The van der Waals surface area contributed by atoms with Crippen LogP contribution in [-0.2, 0) is 71.9 Å². The first-order valence-corrected chi connectivity index (χ1v) is 35.1. The lowest BCUT2D eigenvalue weighted by molar-refractivity contribution is -0.139. The Morgan fingerprint density at radius 2 is 0.398 bits per heavy atom. The molecule has 15 N–H and O–H groups in total. The molecule has 0 aromatic rings. The summed E-state index contributed by atoms with van der Waals surface area (Å²) in [6.45, 7) is 9.29. The second kappa shape index (κ2) is 58.0. The number of ether oxygens (including phenoxy) is 1. The fraction of sp³-hybridized carbons (Fsp3) is 0.769. The maximum absolute atomic E-state index is 13.5. The maximum Gasteiger partial charge on any atom is 0.407 e. The summed E-state index contributed by atoms with van der Waals surface area (Å²) in [5.41, 5.74) is -0.663. The Kier molecular flexibility index (Phi) is 53.3. The summed E-state index contributed by atoms with van der Waals surface area (Å²) in [5, 5.41) is 92.8. The summed E-state index contributed by atoms with van der Waals surface area (Å²) in [6.07, 6.45) is 0.210. The SMILES string of the molecule is CC(C)(C)OC(=O)NCCCCCCN(CCC(=O)NCCN(CCC(=O)NCCN(CCC(=O)O)CCC(=O)O)CCC(=O)NCCN(CCC(=O)O)CCC(=O)O)CCC(=O)NCCN(CCC(=O)NCCN(CCC(=O)O)CCC(=O)O)CCC(=O)NCCN(CCC(=O)O)CCC(=O)O. The molecule has 0 atom stereocenters. The molecule has 0 fully saturated rings. The van der Waals surface area contributed by atoms with Gasteiger partial charge in [-0.2, -0.15) is 0 Å². The predicted molar refractivity (Wildman–Crippen MR) is 372 cm³/mol. The summed E-state index contributed by atoms with van der Waals surface area (Å²) in [5.74, 6) is -10.8. The normalized spacial score (nSPS) is 11.4. The third-order valence-corrected chi connectivity index (χ3v) is 15.6. The average Bonchev–Trinajstić information content (AvgIpc) is 1.01. The van der Waals surface area contributed by atoms with Crippen molar-refractivity contribution in [3.8, 4) is 0 Å². The van der Waals surface area contributed by atoms with E-state index in [2.05, 4.69) is 37.2 Å². The van der Waals surface area contributed by atoms with Crippen molar-refractivity contribution in [3.63, 3.8) is 0 Å². The summed E-state index contributed by atoms with van der Waals surface area (Å²) < 4.78 is 5.31. The Morgan fingerprint density at radius 1 is 0.223 bits per heavy atom. The zero-order valence-corrected chi connectivity index (χ0v) is 60.3. The van der Waals surface area contributed by atoms with Gasteiger partial charge in [0.05, 0.1) is 51.4 Å². The Morgan fingerprint density at radius 3 is 0.583 bits per heavy atom. The van der Waals surface area contributed by atoms with Crippen molar-refractivity contribution in [2.45, 2.75) is 142 Å². The van der Waals surface area contributed by atoms with E-state index < -0.39 is 59.4 Å². The topological polar surface area (TPSA) is 534 Å². The number of carboxylic acids is 8. The monoisotopic (exact) mass is 1480 g/mol. The molecule has 0 radical (unpaired) electrons. The standard InChI is InChI=1S/C65H116N14O24/c1-65(2,3)103-64(102)72-22-6-4-5-7-29-73(30-8-50(80)66-23-44-74(32-10-52(82)68-25-46-76(36-14-56(86)87)37-15-57(88)89)33-11-53(83)69-26-47-77(38-16-58(90)91)39-17-59(92)93)31-9-51(81)67-24-45-75(34-12-54(84)70-27-48-78(40-18-60(94)95)41-19-61(96)97)35-13-55(85)71-28-49-79(42-20-62(98)99)43-21-63(100)101/h4-49H2,1-3H3,(H,66,80)(H,67,81)(H,68,82)(H,69,83)(H,70,84)(H,71,85)(H,72,102)(H,86,87)(H,88,89)(H,90,91)(H,92,93)(H,94,95)(H,96,97)(H,98,99)(H,100,101). The molecular weight excluding hydrogens is 1360 g/mol. The molecule has 0 heterocycles. The molecule has 0 unspecified atom stereocenters. The number of hydrogen-bond donors (Lipinski definition) is 15. The largest absolute Gasteiger partial charge is 0.481 e. The molecule has 0 aromatic carbocycles. The van der Waals surface area contributed by atoms with Crippen LogP contribution in [0.1, 0.15) is 136 Å². The molecule has 0 spiro atoms. The van der Waals surface area contributed by atoms with Gasteiger partial charge in [0.2, 0.25) is 35.4 Å².